The molecule has 0 atom stereocenters. The topological polar surface area (TPSA) is 12.9 Å². The van der Waals surface area contributed by atoms with Crippen LogP contribution in [0.3, 0.4) is 0 Å². The zero-order valence-electron chi connectivity index (χ0n) is 9.92. The Bertz CT molecular complexity index is 517. The molecule has 2 rings (SSSR count). The second-order valence-corrected chi connectivity index (χ2v) is 4.68. The van der Waals surface area contributed by atoms with Crippen LogP contribution in [0.15, 0.2) is 24.3 Å². The molecule has 1 nitrogen and oxygen atoms in total. The summed E-state index contributed by atoms with van der Waals surface area (Å²) in [7, 11) is 0. The van der Waals surface area contributed by atoms with Gasteiger partial charge in [-0.05, 0) is 49.1 Å². The van der Waals surface area contributed by atoms with Gasteiger partial charge in [0.25, 0.3) is 0 Å². The molecule has 2 heteroatoms. The molecule has 0 unspecified atom stereocenters. The number of hydrogen-bond donors (Lipinski definition) is 0. The predicted octanol–water partition coefficient (Wildman–Crippen LogP) is 3.88. The van der Waals surface area contributed by atoms with Crippen molar-refractivity contribution in [1.82, 2.24) is 4.98 Å². The zero-order valence-corrected chi connectivity index (χ0v) is 9.92. The predicted molar refractivity (Wildman–Crippen MR) is 65.0 cm³/mol. The Morgan fingerprint density at radius 2 is 2.00 bits per heavy atom. The molecule has 0 saturated heterocycles. The third-order valence-corrected chi connectivity index (χ3v) is 2.61. The number of rotatable bonds is 2. The molecule has 0 saturated carbocycles. The van der Waals surface area contributed by atoms with Crippen LogP contribution in [0.4, 0.5) is 4.39 Å². The van der Waals surface area contributed by atoms with Gasteiger partial charge in [0, 0.05) is 11.1 Å². The Kier molecular flexibility index (Phi) is 2.90. The first kappa shape index (κ1) is 11.1. The molecule has 2 aromatic rings. The minimum Gasteiger partial charge on any atom is -0.253 e. The van der Waals surface area contributed by atoms with E-state index in [2.05, 4.69) is 24.9 Å². The number of benzene rings is 1. The van der Waals surface area contributed by atoms with Gasteiger partial charge in [0.15, 0.2) is 0 Å². The van der Waals surface area contributed by atoms with Crippen LogP contribution in [0.2, 0.25) is 0 Å². The van der Waals surface area contributed by atoms with Gasteiger partial charge < -0.3 is 0 Å². The lowest BCUT2D eigenvalue weighted by Gasteiger charge is -2.10. The molecule has 0 spiro atoms. The highest BCUT2D eigenvalue weighted by molar-refractivity contribution is 5.82. The molecule has 84 valence electrons. The van der Waals surface area contributed by atoms with Crippen LogP contribution in [0.25, 0.3) is 10.9 Å². The smallest absolute Gasteiger partial charge is 0.123 e. The molecule has 0 aliphatic rings. The largest absolute Gasteiger partial charge is 0.253 e. The molecule has 0 bridgehead atoms. The summed E-state index contributed by atoms with van der Waals surface area (Å²) in [4.78, 5) is 4.42. The first-order chi connectivity index (χ1) is 7.56. The lowest BCUT2D eigenvalue weighted by atomic mass is 9.98. The summed E-state index contributed by atoms with van der Waals surface area (Å²) in [5.41, 5.74) is 3.07. The van der Waals surface area contributed by atoms with Gasteiger partial charge in [-0.25, -0.2) is 4.39 Å². The fourth-order valence-corrected chi connectivity index (χ4v) is 2.02. The first-order valence-electron chi connectivity index (χ1n) is 5.62. The van der Waals surface area contributed by atoms with E-state index in [1.807, 2.05) is 6.92 Å². The number of hydrogen-bond acceptors (Lipinski definition) is 1. The fourth-order valence-electron chi connectivity index (χ4n) is 2.02. The summed E-state index contributed by atoms with van der Waals surface area (Å²) in [5.74, 6) is 0.372. The lowest BCUT2D eigenvalue weighted by molar-refractivity contribution is 0.628. The monoisotopic (exact) mass is 217 g/mol. The number of aryl methyl sites for hydroxylation is 1. The summed E-state index contributed by atoms with van der Waals surface area (Å²) in [6.45, 7) is 6.31. The molecule has 1 aromatic carbocycles. The molecule has 0 radical (unpaired) electrons. The average Bonchev–Trinajstić information content (AvgIpc) is 2.18. The third kappa shape index (κ3) is 2.21. The van der Waals surface area contributed by atoms with E-state index >= 15 is 0 Å². The molecule has 0 aliphatic carbocycles. The van der Waals surface area contributed by atoms with Crippen LogP contribution in [0.5, 0.6) is 0 Å². The van der Waals surface area contributed by atoms with Crippen molar-refractivity contribution in [2.45, 2.75) is 27.2 Å². The molecule has 16 heavy (non-hydrogen) atoms. The van der Waals surface area contributed by atoms with Crippen molar-refractivity contribution >= 4 is 10.9 Å². The Balaban J connectivity index is 2.64. The molecule has 1 aromatic heterocycles. The number of fused-ring (bicyclic) bond motifs is 1. The Labute approximate surface area is 95.3 Å². The quantitative estimate of drug-likeness (QED) is 0.743. The Hall–Kier alpha value is -1.44. The SMILES string of the molecule is Cc1cc(CC(C)C)c2cc(F)ccc2n1. The second kappa shape index (κ2) is 4.20. The van der Waals surface area contributed by atoms with E-state index in [-0.39, 0.29) is 5.82 Å². The fraction of sp³-hybridized carbons (Fsp3) is 0.357. The zero-order chi connectivity index (χ0) is 11.7. The highest BCUT2D eigenvalue weighted by Crippen LogP contribution is 2.22. The van der Waals surface area contributed by atoms with Crippen molar-refractivity contribution in [2.75, 3.05) is 0 Å². The van der Waals surface area contributed by atoms with Crippen LogP contribution in [-0.2, 0) is 6.42 Å². The van der Waals surface area contributed by atoms with Crippen molar-refractivity contribution in [3.05, 3.63) is 41.3 Å². The number of pyridine rings is 1. The Morgan fingerprint density at radius 1 is 1.25 bits per heavy atom. The van der Waals surface area contributed by atoms with Crippen LogP contribution >= 0.6 is 0 Å². The summed E-state index contributed by atoms with van der Waals surface area (Å²) >= 11 is 0. The van der Waals surface area contributed by atoms with Crippen molar-refractivity contribution in [1.29, 1.82) is 0 Å². The van der Waals surface area contributed by atoms with Gasteiger partial charge in [-0.1, -0.05) is 13.8 Å². The van der Waals surface area contributed by atoms with Crippen LogP contribution in [0.1, 0.15) is 25.1 Å². The van der Waals surface area contributed by atoms with Gasteiger partial charge in [0.2, 0.25) is 0 Å². The van der Waals surface area contributed by atoms with E-state index in [9.17, 15) is 4.39 Å². The molecule has 0 amide bonds. The van der Waals surface area contributed by atoms with Crippen LogP contribution < -0.4 is 0 Å². The van der Waals surface area contributed by atoms with E-state index in [4.69, 9.17) is 0 Å². The second-order valence-electron chi connectivity index (χ2n) is 4.68. The first-order valence-corrected chi connectivity index (χ1v) is 5.62. The van der Waals surface area contributed by atoms with E-state index in [0.29, 0.717) is 5.92 Å². The molecule has 0 fully saturated rings. The van der Waals surface area contributed by atoms with Crippen molar-refractivity contribution in [2.24, 2.45) is 5.92 Å². The molecule has 0 N–H and O–H groups in total. The maximum absolute atomic E-state index is 13.2. The number of halogens is 1. The van der Waals surface area contributed by atoms with Gasteiger partial charge >= 0.3 is 0 Å². The number of nitrogens with zero attached hydrogens (tertiary/aromatic N) is 1. The van der Waals surface area contributed by atoms with Gasteiger partial charge in [0.05, 0.1) is 5.52 Å². The Morgan fingerprint density at radius 3 is 2.69 bits per heavy atom. The van der Waals surface area contributed by atoms with Crippen LogP contribution in [-0.4, -0.2) is 4.98 Å². The standard InChI is InChI=1S/C14H16FN/c1-9(2)6-11-7-10(3)16-14-5-4-12(15)8-13(11)14/h4-5,7-9H,6H2,1-3H3. The summed E-state index contributed by atoms with van der Waals surface area (Å²) < 4.78 is 13.2. The van der Waals surface area contributed by atoms with E-state index < -0.39 is 0 Å². The van der Waals surface area contributed by atoms with E-state index in [1.165, 1.54) is 11.6 Å². The van der Waals surface area contributed by atoms with Gasteiger partial charge in [0.1, 0.15) is 5.82 Å². The molecule has 1 heterocycles. The highest BCUT2D eigenvalue weighted by Gasteiger charge is 2.06. The van der Waals surface area contributed by atoms with Gasteiger partial charge in [-0.15, -0.1) is 0 Å². The highest BCUT2D eigenvalue weighted by atomic mass is 19.1. The summed E-state index contributed by atoms with van der Waals surface area (Å²) in [5, 5.41) is 0.944. The van der Waals surface area contributed by atoms with Crippen molar-refractivity contribution < 1.29 is 4.39 Å². The molecule has 0 aliphatic heterocycles. The maximum atomic E-state index is 13.2. The normalized spacial score (nSPS) is 11.3. The minimum atomic E-state index is -0.192. The number of aromatic nitrogens is 1. The van der Waals surface area contributed by atoms with Gasteiger partial charge in [-0.2, -0.15) is 0 Å². The van der Waals surface area contributed by atoms with Gasteiger partial charge in [-0.3, -0.25) is 4.98 Å². The van der Waals surface area contributed by atoms with Crippen molar-refractivity contribution in [3.63, 3.8) is 0 Å². The van der Waals surface area contributed by atoms with Crippen LogP contribution in [0, 0.1) is 18.7 Å². The lowest BCUT2D eigenvalue weighted by Crippen LogP contribution is -1.98. The van der Waals surface area contributed by atoms with E-state index in [0.717, 1.165) is 23.0 Å². The maximum Gasteiger partial charge on any atom is 0.123 e. The molecular weight excluding hydrogens is 201 g/mol. The molecular formula is C14H16FN. The third-order valence-electron chi connectivity index (χ3n) is 2.61. The van der Waals surface area contributed by atoms with Crippen molar-refractivity contribution in [3.8, 4) is 0 Å². The van der Waals surface area contributed by atoms with E-state index in [1.54, 1.807) is 12.1 Å². The summed E-state index contributed by atoms with van der Waals surface area (Å²) in [6, 6.07) is 6.86. The average molecular weight is 217 g/mol. The summed E-state index contributed by atoms with van der Waals surface area (Å²) in [6.07, 6.45) is 0.962. The minimum absolute atomic E-state index is 0.192.